The molecule has 0 fully saturated rings. The summed E-state index contributed by atoms with van der Waals surface area (Å²) < 4.78 is 81.4. The maximum Gasteiger partial charge on any atom is 0.573 e. The van der Waals surface area contributed by atoms with E-state index < -0.39 is 12.7 Å². The summed E-state index contributed by atoms with van der Waals surface area (Å²) in [5, 5.41) is 6.10. The molecule has 0 heterocycles. The summed E-state index contributed by atoms with van der Waals surface area (Å²) in [6, 6.07) is 9.95. The Kier molecular flexibility index (Phi) is 6.78. The number of nitrogens with one attached hydrogen (secondary N) is 2. The number of alkyl halides is 6. The predicted octanol–water partition coefficient (Wildman–Crippen LogP) is 4.71. The molecule has 0 amide bonds. The third kappa shape index (κ3) is 6.31. The highest BCUT2D eigenvalue weighted by molar-refractivity contribution is 5.34. The first-order valence-electron chi connectivity index (χ1n) is 8.08. The molecule has 2 aromatic carbocycles. The van der Waals surface area contributed by atoms with Crippen LogP contribution in [0.15, 0.2) is 48.5 Å². The highest BCUT2D eigenvalue weighted by Crippen LogP contribution is 2.32. The number of rotatable bonds is 7. The van der Waals surface area contributed by atoms with Crippen LogP contribution < -0.4 is 20.1 Å². The van der Waals surface area contributed by atoms with Crippen LogP contribution in [0.25, 0.3) is 0 Å². The molecule has 154 valence electrons. The van der Waals surface area contributed by atoms with Crippen molar-refractivity contribution in [3.63, 3.8) is 0 Å². The standard InChI is InChI=1S/C18H18F6N2O2/c1-25-15(11-3-7-13(8-4-11)27-17(19,20)21)16(26-2)12-5-9-14(10-6-12)28-18(22,23)24/h3-10,15-16,25-26H,1-2H3/t15-,16-/m1/s1. The largest absolute Gasteiger partial charge is 0.573 e. The summed E-state index contributed by atoms with van der Waals surface area (Å²) in [5.74, 6) is -0.693. The van der Waals surface area contributed by atoms with Crippen molar-refractivity contribution in [1.29, 1.82) is 0 Å². The van der Waals surface area contributed by atoms with E-state index in [0.29, 0.717) is 11.1 Å². The smallest absolute Gasteiger partial charge is 0.406 e. The third-order valence-corrected chi connectivity index (χ3v) is 3.90. The molecule has 0 bridgehead atoms. The Morgan fingerprint density at radius 3 is 1.11 bits per heavy atom. The Morgan fingerprint density at radius 1 is 0.607 bits per heavy atom. The van der Waals surface area contributed by atoms with E-state index >= 15 is 0 Å². The van der Waals surface area contributed by atoms with E-state index in [4.69, 9.17) is 0 Å². The zero-order valence-corrected chi connectivity index (χ0v) is 14.9. The molecule has 0 aromatic heterocycles. The van der Waals surface area contributed by atoms with Gasteiger partial charge in [0, 0.05) is 0 Å². The summed E-state index contributed by atoms with van der Waals surface area (Å²) in [7, 11) is 3.33. The van der Waals surface area contributed by atoms with Crippen LogP contribution in [0.2, 0.25) is 0 Å². The molecular formula is C18H18F6N2O2. The summed E-state index contributed by atoms with van der Waals surface area (Å²) in [6.45, 7) is 0. The number of hydrogen-bond donors (Lipinski definition) is 2. The molecule has 28 heavy (non-hydrogen) atoms. The Morgan fingerprint density at radius 2 is 0.893 bits per heavy atom. The first-order valence-corrected chi connectivity index (χ1v) is 8.08. The first kappa shape index (κ1) is 21.8. The fourth-order valence-corrected chi connectivity index (χ4v) is 2.81. The molecule has 2 N–H and O–H groups in total. The quantitative estimate of drug-likeness (QED) is 0.652. The molecule has 2 rings (SSSR count). The Balaban J connectivity index is 2.21. The van der Waals surface area contributed by atoms with Gasteiger partial charge in [-0.05, 0) is 49.5 Å². The maximum absolute atomic E-state index is 12.3. The third-order valence-electron chi connectivity index (χ3n) is 3.90. The number of ether oxygens (including phenoxy) is 2. The lowest BCUT2D eigenvalue weighted by atomic mass is 9.93. The summed E-state index contributed by atoms with van der Waals surface area (Å²) >= 11 is 0. The Hall–Kier alpha value is -2.46. The average molecular weight is 408 g/mol. The highest BCUT2D eigenvalue weighted by atomic mass is 19.4. The van der Waals surface area contributed by atoms with Crippen LogP contribution in [-0.4, -0.2) is 26.8 Å². The fraction of sp³-hybridized carbons (Fsp3) is 0.333. The molecule has 0 saturated heterocycles. The van der Waals surface area contributed by atoms with Crippen molar-refractivity contribution in [2.75, 3.05) is 14.1 Å². The van der Waals surface area contributed by atoms with Crippen molar-refractivity contribution in [2.45, 2.75) is 24.8 Å². The van der Waals surface area contributed by atoms with E-state index in [1.165, 1.54) is 48.5 Å². The summed E-state index contributed by atoms with van der Waals surface area (Å²) in [4.78, 5) is 0. The summed E-state index contributed by atoms with van der Waals surface area (Å²) in [6.07, 6.45) is -9.56. The van der Waals surface area contributed by atoms with Crippen molar-refractivity contribution < 1.29 is 35.8 Å². The lowest BCUT2D eigenvalue weighted by Gasteiger charge is -2.28. The van der Waals surface area contributed by atoms with Gasteiger partial charge in [0.05, 0.1) is 12.1 Å². The van der Waals surface area contributed by atoms with Gasteiger partial charge in [-0.2, -0.15) is 0 Å². The van der Waals surface area contributed by atoms with Gasteiger partial charge < -0.3 is 20.1 Å². The Labute approximate surface area is 157 Å². The maximum atomic E-state index is 12.3. The molecule has 4 nitrogen and oxygen atoms in total. The van der Waals surface area contributed by atoms with Gasteiger partial charge in [-0.25, -0.2) is 0 Å². The Bertz CT molecular complexity index is 679. The predicted molar refractivity (Wildman–Crippen MR) is 89.9 cm³/mol. The number of likely N-dealkylation sites (N-methyl/N-ethyl adjacent to an activating group) is 2. The van der Waals surface area contributed by atoms with Crippen molar-refractivity contribution in [3.05, 3.63) is 59.7 Å². The molecule has 0 aliphatic heterocycles. The van der Waals surface area contributed by atoms with E-state index in [1.807, 2.05) is 0 Å². The van der Waals surface area contributed by atoms with Gasteiger partial charge >= 0.3 is 12.7 Å². The zero-order chi connectivity index (χ0) is 20.9. The second kappa shape index (κ2) is 8.70. The van der Waals surface area contributed by atoms with Gasteiger partial charge in [-0.15, -0.1) is 26.3 Å². The molecule has 0 aliphatic rings. The topological polar surface area (TPSA) is 42.5 Å². The second-order valence-corrected chi connectivity index (χ2v) is 5.77. The van der Waals surface area contributed by atoms with Crippen LogP contribution in [0.5, 0.6) is 11.5 Å². The van der Waals surface area contributed by atoms with Crippen LogP contribution in [-0.2, 0) is 0 Å². The van der Waals surface area contributed by atoms with E-state index in [0.717, 1.165) is 0 Å². The van der Waals surface area contributed by atoms with Crippen LogP contribution in [0.3, 0.4) is 0 Å². The van der Waals surface area contributed by atoms with E-state index in [1.54, 1.807) is 14.1 Å². The fourth-order valence-electron chi connectivity index (χ4n) is 2.81. The SMILES string of the molecule is CN[C@H](c1ccc(OC(F)(F)F)cc1)[C@H](NC)c1ccc(OC(F)(F)F)cc1. The van der Waals surface area contributed by atoms with E-state index in [-0.39, 0.29) is 23.6 Å². The summed E-state index contributed by atoms with van der Waals surface area (Å²) in [5.41, 5.74) is 1.32. The molecule has 2 aromatic rings. The van der Waals surface area contributed by atoms with Crippen LogP contribution in [0.4, 0.5) is 26.3 Å². The molecule has 0 aliphatic carbocycles. The van der Waals surface area contributed by atoms with Crippen molar-refractivity contribution in [2.24, 2.45) is 0 Å². The minimum absolute atomic E-state index is 0.347. The number of benzene rings is 2. The molecule has 2 atom stereocenters. The van der Waals surface area contributed by atoms with Gasteiger partial charge in [0.2, 0.25) is 0 Å². The molecular weight excluding hydrogens is 390 g/mol. The van der Waals surface area contributed by atoms with Crippen molar-refractivity contribution >= 4 is 0 Å². The monoisotopic (exact) mass is 408 g/mol. The van der Waals surface area contributed by atoms with Gasteiger partial charge in [0.15, 0.2) is 0 Å². The van der Waals surface area contributed by atoms with Crippen LogP contribution >= 0.6 is 0 Å². The molecule has 10 heteroatoms. The van der Waals surface area contributed by atoms with Gasteiger partial charge in [0.1, 0.15) is 11.5 Å². The number of halogens is 6. The van der Waals surface area contributed by atoms with Crippen LogP contribution in [0.1, 0.15) is 23.2 Å². The average Bonchev–Trinajstić information content (AvgIpc) is 2.59. The normalized spacial score (nSPS) is 14.4. The van der Waals surface area contributed by atoms with E-state index in [2.05, 4.69) is 20.1 Å². The van der Waals surface area contributed by atoms with Crippen LogP contribution in [0, 0.1) is 0 Å². The minimum Gasteiger partial charge on any atom is -0.406 e. The van der Waals surface area contributed by atoms with Crippen molar-refractivity contribution in [3.8, 4) is 11.5 Å². The number of hydrogen-bond acceptors (Lipinski definition) is 4. The molecule has 0 unspecified atom stereocenters. The molecule has 0 radical (unpaired) electrons. The zero-order valence-electron chi connectivity index (χ0n) is 14.9. The van der Waals surface area contributed by atoms with Crippen molar-refractivity contribution in [1.82, 2.24) is 10.6 Å². The second-order valence-electron chi connectivity index (χ2n) is 5.77. The molecule has 0 spiro atoms. The van der Waals surface area contributed by atoms with E-state index in [9.17, 15) is 26.3 Å². The molecule has 0 saturated carbocycles. The first-order chi connectivity index (χ1) is 13.0. The lowest BCUT2D eigenvalue weighted by Crippen LogP contribution is -2.31. The minimum atomic E-state index is -4.78. The van der Waals surface area contributed by atoms with Gasteiger partial charge in [-0.1, -0.05) is 24.3 Å². The lowest BCUT2D eigenvalue weighted by molar-refractivity contribution is -0.275. The van der Waals surface area contributed by atoms with Gasteiger partial charge in [-0.3, -0.25) is 0 Å². The highest BCUT2D eigenvalue weighted by Gasteiger charge is 2.32. The van der Waals surface area contributed by atoms with Gasteiger partial charge in [0.25, 0.3) is 0 Å².